The van der Waals surface area contributed by atoms with Gasteiger partial charge in [0.1, 0.15) is 12.0 Å². The lowest BCUT2D eigenvalue weighted by atomic mass is 9.87. The van der Waals surface area contributed by atoms with Gasteiger partial charge in [-0.3, -0.25) is 0 Å². The molecule has 1 aliphatic carbocycles. The Bertz CT molecular complexity index is 388. The van der Waals surface area contributed by atoms with Crippen molar-refractivity contribution < 1.29 is 4.52 Å². The molecule has 1 fully saturated rings. The van der Waals surface area contributed by atoms with Crippen molar-refractivity contribution in [3.8, 4) is 0 Å². The molecule has 0 amide bonds. The third-order valence-electron chi connectivity index (χ3n) is 3.51. The van der Waals surface area contributed by atoms with E-state index in [9.17, 15) is 0 Å². The smallest absolute Gasteiger partial charge is 0.191 e. The molecule has 2 rings (SSSR count). The molecule has 19 heavy (non-hydrogen) atoms. The summed E-state index contributed by atoms with van der Waals surface area (Å²) in [6, 6.07) is 2.38. The number of guanidine groups is 1. The van der Waals surface area contributed by atoms with Gasteiger partial charge in [0.25, 0.3) is 0 Å². The summed E-state index contributed by atoms with van der Waals surface area (Å²) in [5, 5.41) is 10.7. The Balaban J connectivity index is 1.89. The summed E-state index contributed by atoms with van der Waals surface area (Å²) >= 11 is 0. The van der Waals surface area contributed by atoms with E-state index in [0.717, 1.165) is 24.1 Å². The topological polar surface area (TPSA) is 62.5 Å². The zero-order chi connectivity index (χ0) is 13.5. The molecule has 1 saturated carbocycles. The monoisotopic (exact) mass is 264 g/mol. The first-order chi connectivity index (χ1) is 9.28. The Morgan fingerprint density at radius 3 is 3.11 bits per heavy atom. The molecule has 2 atom stereocenters. The Labute approximate surface area is 114 Å². The summed E-state index contributed by atoms with van der Waals surface area (Å²) in [7, 11) is 0. The van der Waals surface area contributed by atoms with Crippen LogP contribution >= 0.6 is 0 Å². The normalized spacial score (nSPS) is 24.2. The first-order valence-corrected chi connectivity index (χ1v) is 7.22. The fourth-order valence-electron chi connectivity index (χ4n) is 2.56. The van der Waals surface area contributed by atoms with E-state index in [1.54, 1.807) is 6.26 Å². The first kappa shape index (κ1) is 13.9. The SMILES string of the molecule is CCNC(=NCc1ccon1)NC1CCCC(C)C1. The van der Waals surface area contributed by atoms with E-state index in [1.165, 1.54) is 25.7 Å². The van der Waals surface area contributed by atoms with Gasteiger partial charge in [0.15, 0.2) is 5.96 Å². The molecule has 0 radical (unpaired) electrons. The maximum Gasteiger partial charge on any atom is 0.191 e. The second-order valence-electron chi connectivity index (χ2n) is 5.30. The lowest BCUT2D eigenvalue weighted by molar-refractivity contribution is 0.324. The van der Waals surface area contributed by atoms with Crippen LogP contribution < -0.4 is 10.6 Å². The van der Waals surface area contributed by atoms with Crippen molar-refractivity contribution in [3.05, 3.63) is 18.0 Å². The number of nitrogens with zero attached hydrogens (tertiary/aromatic N) is 2. The predicted molar refractivity (Wildman–Crippen MR) is 75.9 cm³/mol. The Kier molecular flexibility index (Phi) is 5.24. The second-order valence-corrected chi connectivity index (χ2v) is 5.30. The van der Waals surface area contributed by atoms with E-state index in [2.05, 4.69) is 34.6 Å². The molecule has 5 nitrogen and oxygen atoms in total. The van der Waals surface area contributed by atoms with Crippen molar-refractivity contribution >= 4 is 5.96 Å². The van der Waals surface area contributed by atoms with Crippen molar-refractivity contribution in [1.29, 1.82) is 0 Å². The maximum atomic E-state index is 4.81. The van der Waals surface area contributed by atoms with Crippen LogP contribution in [-0.4, -0.2) is 23.7 Å². The Morgan fingerprint density at radius 2 is 2.42 bits per heavy atom. The molecule has 2 N–H and O–H groups in total. The largest absolute Gasteiger partial charge is 0.364 e. The van der Waals surface area contributed by atoms with Gasteiger partial charge in [-0.2, -0.15) is 0 Å². The van der Waals surface area contributed by atoms with E-state index in [0.29, 0.717) is 12.6 Å². The van der Waals surface area contributed by atoms with E-state index < -0.39 is 0 Å². The highest BCUT2D eigenvalue weighted by Gasteiger charge is 2.19. The van der Waals surface area contributed by atoms with E-state index >= 15 is 0 Å². The molecule has 0 saturated heterocycles. The number of aliphatic imine (C=N–C) groups is 1. The highest BCUT2D eigenvalue weighted by atomic mass is 16.5. The van der Waals surface area contributed by atoms with Gasteiger partial charge in [0.2, 0.25) is 0 Å². The molecule has 0 bridgehead atoms. The number of rotatable bonds is 4. The van der Waals surface area contributed by atoms with Crippen LogP contribution in [0.4, 0.5) is 0 Å². The molecule has 2 unspecified atom stereocenters. The molecule has 106 valence electrons. The second kappa shape index (κ2) is 7.16. The number of hydrogen-bond donors (Lipinski definition) is 2. The first-order valence-electron chi connectivity index (χ1n) is 7.22. The number of nitrogens with one attached hydrogen (secondary N) is 2. The molecule has 1 heterocycles. The minimum absolute atomic E-state index is 0.541. The van der Waals surface area contributed by atoms with Crippen molar-refractivity contribution in [2.24, 2.45) is 10.9 Å². The lowest BCUT2D eigenvalue weighted by Gasteiger charge is -2.28. The predicted octanol–water partition coefficient (Wildman–Crippen LogP) is 2.31. The Hall–Kier alpha value is -1.52. The molecular weight excluding hydrogens is 240 g/mol. The highest BCUT2D eigenvalue weighted by molar-refractivity contribution is 5.80. The minimum Gasteiger partial charge on any atom is -0.364 e. The van der Waals surface area contributed by atoms with Crippen LogP contribution in [0.15, 0.2) is 21.8 Å². The van der Waals surface area contributed by atoms with Gasteiger partial charge in [-0.15, -0.1) is 0 Å². The Morgan fingerprint density at radius 1 is 1.53 bits per heavy atom. The summed E-state index contributed by atoms with van der Waals surface area (Å²) in [4.78, 5) is 4.55. The van der Waals surface area contributed by atoms with Gasteiger partial charge < -0.3 is 15.2 Å². The fraction of sp³-hybridized carbons (Fsp3) is 0.714. The van der Waals surface area contributed by atoms with Gasteiger partial charge in [0.05, 0.1) is 6.54 Å². The van der Waals surface area contributed by atoms with Crippen molar-refractivity contribution in [2.75, 3.05) is 6.54 Å². The summed E-state index contributed by atoms with van der Waals surface area (Å²) in [6.45, 7) is 5.82. The summed E-state index contributed by atoms with van der Waals surface area (Å²) < 4.78 is 4.81. The van der Waals surface area contributed by atoms with Gasteiger partial charge in [-0.1, -0.05) is 24.9 Å². The maximum absolute atomic E-state index is 4.81. The molecule has 0 spiro atoms. The summed E-state index contributed by atoms with van der Waals surface area (Å²) in [5.74, 6) is 1.69. The minimum atomic E-state index is 0.541. The zero-order valence-electron chi connectivity index (χ0n) is 11.9. The molecule has 1 aliphatic rings. The van der Waals surface area contributed by atoms with Gasteiger partial charge >= 0.3 is 0 Å². The quantitative estimate of drug-likeness (QED) is 0.647. The van der Waals surface area contributed by atoms with E-state index in [4.69, 9.17) is 4.52 Å². The van der Waals surface area contributed by atoms with Crippen LogP contribution in [0.3, 0.4) is 0 Å². The zero-order valence-corrected chi connectivity index (χ0v) is 11.9. The number of aromatic nitrogens is 1. The molecule has 0 aliphatic heterocycles. The molecule has 1 aromatic heterocycles. The molecule has 1 aromatic rings. The van der Waals surface area contributed by atoms with Gasteiger partial charge in [0, 0.05) is 18.7 Å². The summed E-state index contributed by atoms with van der Waals surface area (Å²) in [6.07, 6.45) is 6.70. The average molecular weight is 264 g/mol. The lowest BCUT2D eigenvalue weighted by Crippen LogP contribution is -2.45. The van der Waals surface area contributed by atoms with Crippen LogP contribution in [0.2, 0.25) is 0 Å². The third kappa shape index (κ3) is 4.58. The molecular formula is C14H24N4O. The average Bonchev–Trinajstić information content (AvgIpc) is 2.89. The standard InChI is InChI=1S/C14H24N4O/c1-3-15-14(16-10-13-7-8-19-18-13)17-12-6-4-5-11(2)9-12/h7-8,11-12H,3-6,9-10H2,1-2H3,(H2,15,16,17). The van der Waals surface area contributed by atoms with E-state index in [-0.39, 0.29) is 0 Å². The summed E-state index contributed by atoms with van der Waals surface area (Å²) in [5.41, 5.74) is 0.856. The van der Waals surface area contributed by atoms with Crippen molar-refractivity contribution in [3.63, 3.8) is 0 Å². The van der Waals surface area contributed by atoms with E-state index in [1.807, 2.05) is 6.07 Å². The van der Waals surface area contributed by atoms with Gasteiger partial charge in [-0.25, -0.2) is 4.99 Å². The molecule has 5 heteroatoms. The highest BCUT2D eigenvalue weighted by Crippen LogP contribution is 2.23. The van der Waals surface area contributed by atoms with Crippen LogP contribution in [0.5, 0.6) is 0 Å². The molecule has 0 aromatic carbocycles. The van der Waals surface area contributed by atoms with Crippen molar-refractivity contribution in [2.45, 2.75) is 52.1 Å². The third-order valence-corrected chi connectivity index (χ3v) is 3.51. The van der Waals surface area contributed by atoms with Crippen LogP contribution in [0.1, 0.15) is 45.2 Å². The van der Waals surface area contributed by atoms with Crippen LogP contribution in [-0.2, 0) is 6.54 Å². The fourth-order valence-corrected chi connectivity index (χ4v) is 2.56. The van der Waals surface area contributed by atoms with Crippen LogP contribution in [0, 0.1) is 5.92 Å². The van der Waals surface area contributed by atoms with Crippen molar-refractivity contribution in [1.82, 2.24) is 15.8 Å². The van der Waals surface area contributed by atoms with Crippen LogP contribution in [0.25, 0.3) is 0 Å². The van der Waals surface area contributed by atoms with Gasteiger partial charge in [-0.05, 0) is 25.7 Å². The number of hydrogen-bond acceptors (Lipinski definition) is 3.